The van der Waals surface area contributed by atoms with E-state index in [4.69, 9.17) is 9.47 Å². The average molecular weight is 479 g/mol. The van der Waals surface area contributed by atoms with Gasteiger partial charge >= 0.3 is 12.1 Å². The molecule has 0 unspecified atom stereocenters. The Balaban J connectivity index is 1.94. The van der Waals surface area contributed by atoms with E-state index in [0.717, 1.165) is 15.6 Å². The van der Waals surface area contributed by atoms with Gasteiger partial charge in [0.05, 0.1) is 13.7 Å². The molecule has 0 bridgehead atoms. The zero-order valence-corrected chi connectivity index (χ0v) is 17.9. The second-order valence-corrected chi connectivity index (χ2v) is 7.27. The molecule has 0 radical (unpaired) electrons. The molecular formula is C21H23BrN2O6. The fourth-order valence-electron chi connectivity index (χ4n) is 2.57. The minimum Gasteiger partial charge on any atom is -0.467 e. The van der Waals surface area contributed by atoms with E-state index in [1.807, 2.05) is 18.2 Å². The summed E-state index contributed by atoms with van der Waals surface area (Å²) >= 11 is 3.33. The van der Waals surface area contributed by atoms with Crippen molar-refractivity contribution in [1.29, 1.82) is 0 Å². The van der Waals surface area contributed by atoms with Crippen molar-refractivity contribution in [2.24, 2.45) is 0 Å². The molecule has 9 heteroatoms. The van der Waals surface area contributed by atoms with E-state index in [1.165, 1.54) is 7.11 Å². The summed E-state index contributed by atoms with van der Waals surface area (Å²) in [5.41, 5.74) is 1.57. The maximum absolute atomic E-state index is 12.5. The van der Waals surface area contributed by atoms with Crippen LogP contribution in [-0.2, 0) is 32.1 Å². The SMILES string of the molecule is COC(=O)[C@H](Cc1ccc(Br)cc1)NC(=O)[C@H](CO)NC(=O)OCc1ccccc1. The number of hydrogen-bond donors (Lipinski definition) is 3. The first-order valence-corrected chi connectivity index (χ1v) is 9.93. The van der Waals surface area contributed by atoms with Crippen LogP contribution in [0.3, 0.4) is 0 Å². The number of aliphatic hydroxyl groups excluding tert-OH is 1. The number of methoxy groups -OCH3 is 1. The number of carbonyl (C=O) groups is 3. The summed E-state index contributed by atoms with van der Waals surface area (Å²) in [6, 6.07) is 14.0. The molecule has 8 nitrogen and oxygen atoms in total. The van der Waals surface area contributed by atoms with Crippen LogP contribution in [0.2, 0.25) is 0 Å². The number of halogens is 1. The van der Waals surface area contributed by atoms with Crippen LogP contribution in [0.25, 0.3) is 0 Å². The molecule has 0 aliphatic carbocycles. The van der Waals surface area contributed by atoms with E-state index in [0.29, 0.717) is 0 Å². The third-order valence-corrected chi connectivity index (χ3v) is 4.69. The second kappa shape index (κ2) is 11.9. The van der Waals surface area contributed by atoms with Gasteiger partial charge in [0, 0.05) is 10.9 Å². The summed E-state index contributed by atoms with van der Waals surface area (Å²) in [7, 11) is 1.21. The highest BCUT2D eigenvalue weighted by molar-refractivity contribution is 9.10. The number of carbonyl (C=O) groups excluding carboxylic acids is 3. The molecule has 2 amide bonds. The van der Waals surface area contributed by atoms with Gasteiger partial charge in [0.1, 0.15) is 18.7 Å². The Kier molecular flexibility index (Phi) is 9.30. The molecule has 0 aliphatic heterocycles. The van der Waals surface area contributed by atoms with Crippen LogP contribution in [0.15, 0.2) is 59.1 Å². The minimum absolute atomic E-state index is 0.0147. The molecule has 0 fully saturated rings. The molecular weight excluding hydrogens is 456 g/mol. The van der Waals surface area contributed by atoms with Crippen molar-refractivity contribution < 1.29 is 29.0 Å². The van der Waals surface area contributed by atoms with E-state index in [-0.39, 0.29) is 13.0 Å². The Bertz CT molecular complexity index is 844. The third-order valence-electron chi connectivity index (χ3n) is 4.16. The first-order valence-electron chi connectivity index (χ1n) is 9.13. The molecule has 0 spiro atoms. The predicted octanol–water partition coefficient (Wildman–Crippen LogP) is 1.94. The standard InChI is InChI=1S/C21H23BrN2O6/c1-29-20(27)17(11-14-7-9-16(22)10-8-14)23-19(26)18(12-25)24-21(28)30-13-15-5-3-2-4-6-15/h2-10,17-18,25H,11-13H2,1H3,(H,23,26)(H,24,28)/t17-,18-/m0/s1. The molecule has 2 aromatic carbocycles. The minimum atomic E-state index is -1.29. The molecule has 30 heavy (non-hydrogen) atoms. The molecule has 2 atom stereocenters. The molecule has 2 rings (SSSR count). The van der Waals surface area contributed by atoms with Crippen molar-refractivity contribution in [1.82, 2.24) is 10.6 Å². The van der Waals surface area contributed by atoms with Crippen molar-refractivity contribution in [3.05, 3.63) is 70.2 Å². The van der Waals surface area contributed by atoms with Crippen molar-refractivity contribution in [3.63, 3.8) is 0 Å². The number of aliphatic hydroxyl groups is 1. The van der Waals surface area contributed by atoms with E-state index in [2.05, 4.69) is 26.6 Å². The van der Waals surface area contributed by atoms with Crippen LogP contribution in [0.1, 0.15) is 11.1 Å². The number of rotatable bonds is 9. The first kappa shape index (κ1) is 23.4. The van der Waals surface area contributed by atoms with E-state index in [1.54, 1.807) is 36.4 Å². The molecule has 0 saturated carbocycles. The maximum atomic E-state index is 12.5. The number of alkyl carbamates (subject to hydrolysis) is 1. The van der Waals surface area contributed by atoms with Crippen molar-refractivity contribution in [2.75, 3.05) is 13.7 Å². The maximum Gasteiger partial charge on any atom is 0.408 e. The molecule has 0 saturated heterocycles. The molecule has 0 aromatic heterocycles. The topological polar surface area (TPSA) is 114 Å². The predicted molar refractivity (Wildman–Crippen MR) is 112 cm³/mol. The Hall–Kier alpha value is -2.91. The molecule has 0 aliphatic rings. The first-order chi connectivity index (χ1) is 14.4. The molecule has 0 heterocycles. The van der Waals surface area contributed by atoms with Gasteiger partial charge < -0.3 is 25.2 Å². The Morgan fingerprint density at radius 3 is 2.23 bits per heavy atom. The van der Waals surface area contributed by atoms with Gasteiger partial charge in [-0.1, -0.05) is 58.4 Å². The van der Waals surface area contributed by atoms with Gasteiger partial charge in [-0.3, -0.25) is 4.79 Å². The van der Waals surface area contributed by atoms with Crippen LogP contribution in [0.4, 0.5) is 4.79 Å². The lowest BCUT2D eigenvalue weighted by Crippen LogP contribution is -2.54. The summed E-state index contributed by atoms with van der Waals surface area (Å²) < 4.78 is 10.7. The summed E-state index contributed by atoms with van der Waals surface area (Å²) in [5, 5.41) is 14.3. The Labute approximate surface area is 182 Å². The second-order valence-electron chi connectivity index (χ2n) is 6.36. The van der Waals surface area contributed by atoms with E-state index in [9.17, 15) is 19.5 Å². The quantitative estimate of drug-likeness (QED) is 0.474. The van der Waals surface area contributed by atoms with Gasteiger partial charge in [-0.25, -0.2) is 9.59 Å². The van der Waals surface area contributed by atoms with Gasteiger partial charge in [0.2, 0.25) is 5.91 Å². The number of nitrogens with one attached hydrogen (secondary N) is 2. The van der Waals surface area contributed by atoms with Crippen molar-refractivity contribution in [2.45, 2.75) is 25.1 Å². The van der Waals surface area contributed by atoms with Gasteiger partial charge in [-0.2, -0.15) is 0 Å². The number of amides is 2. The highest BCUT2D eigenvalue weighted by Gasteiger charge is 2.27. The van der Waals surface area contributed by atoms with Gasteiger partial charge in [-0.15, -0.1) is 0 Å². The van der Waals surface area contributed by atoms with Gasteiger partial charge in [0.25, 0.3) is 0 Å². The number of hydrogen-bond acceptors (Lipinski definition) is 6. The summed E-state index contributed by atoms with van der Waals surface area (Å²) in [5.74, 6) is -1.38. The summed E-state index contributed by atoms with van der Waals surface area (Å²) in [6.45, 7) is -0.654. The van der Waals surface area contributed by atoms with Crippen LogP contribution in [-0.4, -0.2) is 48.9 Å². The highest BCUT2D eigenvalue weighted by Crippen LogP contribution is 2.12. The monoisotopic (exact) mass is 478 g/mol. The highest BCUT2D eigenvalue weighted by atomic mass is 79.9. The van der Waals surface area contributed by atoms with E-state index < -0.39 is 36.7 Å². The lowest BCUT2D eigenvalue weighted by Gasteiger charge is -2.21. The number of esters is 1. The normalized spacial score (nSPS) is 12.4. The van der Waals surface area contributed by atoms with Gasteiger partial charge in [-0.05, 0) is 23.3 Å². The smallest absolute Gasteiger partial charge is 0.408 e. The number of benzene rings is 2. The Morgan fingerprint density at radius 2 is 1.63 bits per heavy atom. The van der Waals surface area contributed by atoms with Gasteiger partial charge in [0.15, 0.2) is 0 Å². The van der Waals surface area contributed by atoms with E-state index >= 15 is 0 Å². The molecule has 2 aromatic rings. The zero-order valence-electron chi connectivity index (χ0n) is 16.3. The van der Waals surface area contributed by atoms with Crippen molar-refractivity contribution in [3.8, 4) is 0 Å². The average Bonchev–Trinajstić information content (AvgIpc) is 2.77. The van der Waals surface area contributed by atoms with Crippen LogP contribution in [0, 0.1) is 0 Å². The molecule has 3 N–H and O–H groups in total. The van der Waals surface area contributed by atoms with Crippen molar-refractivity contribution >= 4 is 33.9 Å². The molecule has 160 valence electrons. The number of ether oxygens (including phenoxy) is 2. The lowest BCUT2D eigenvalue weighted by molar-refractivity contribution is -0.145. The zero-order chi connectivity index (χ0) is 21.9. The Morgan fingerprint density at radius 1 is 0.967 bits per heavy atom. The van der Waals surface area contributed by atoms with Crippen LogP contribution in [0.5, 0.6) is 0 Å². The lowest BCUT2D eigenvalue weighted by atomic mass is 10.1. The van der Waals surface area contributed by atoms with Crippen LogP contribution >= 0.6 is 15.9 Å². The fraction of sp³-hybridized carbons (Fsp3) is 0.286. The largest absolute Gasteiger partial charge is 0.467 e. The summed E-state index contributed by atoms with van der Waals surface area (Å²) in [4.78, 5) is 36.6. The summed E-state index contributed by atoms with van der Waals surface area (Å²) in [6.07, 6.45) is -0.682. The van der Waals surface area contributed by atoms with Crippen LogP contribution < -0.4 is 10.6 Å². The fourth-order valence-corrected chi connectivity index (χ4v) is 2.83. The third kappa shape index (κ3) is 7.49.